The molecular formula is C15H31N3. The van der Waals surface area contributed by atoms with Crippen molar-refractivity contribution in [1.29, 1.82) is 0 Å². The first-order chi connectivity index (χ1) is 8.74. The topological polar surface area (TPSA) is 18.5 Å². The fourth-order valence-electron chi connectivity index (χ4n) is 3.65. The quantitative estimate of drug-likeness (QED) is 0.808. The molecule has 18 heavy (non-hydrogen) atoms. The Morgan fingerprint density at radius 3 is 2.67 bits per heavy atom. The van der Waals surface area contributed by atoms with E-state index in [1.54, 1.807) is 0 Å². The van der Waals surface area contributed by atoms with Crippen LogP contribution in [0.25, 0.3) is 0 Å². The van der Waals surface area contributed by atoms with Gasteiger partial charge in [-0.25, -0.2) is 0 Å². The summed E-state index contributed by atoms with van der Waals surface area (Å²) in [6.07, 6.45) is 5.42. The highest BCUT2D eigenvalue weighted by atomic mass is 15.3. The lowest BCUT2D eigenvalue weighted by Crippen LogP contribution is -2.54. The normalized spacial score (nSPS) is 35.2. The van der Waals surface area contributed by atoms with Gasteiger partial charge in [0, 0.05) is 37.8 Å². The molecule has 1 N–H and O–H groups in total. The van der Waals surface area contributed by atoms with E-state index in [9.17, 15) is 0 Å². The van der Waals surface area contributed by atoms with Crippen LogP contribution >= 0.6 is 0 Å². The van der Waals surface area contributed by atoms with Crippen LogP contribution in [-0.2, 0) is 0 Å². The highest BCUT2D eigenvalue weighted by Gasteiger charge is 2.32. The van der Waals surface area contributed by atoms with Crippen molar-refractivity contribution in [2.75, 3.05) is 32.7 Å². The first-order valence-electron chi connectivity index (χ1n) is 7.96. The van der Waals surface area contributed by atoms with E-state index in [1.807, 2.05) is 0 Å². The van der Waals surface area contributed by atoms with Crippen LogP contribution in [0.2, 0.25) is 0 Å². The van der Waals surface area contributed by atoms with Crippen molar-refractivity contribution in [3.63, 3.8) is 0 Å². The fourth-order valence-corrected chi connectivity index (χ4v) is 3.65. The Kier molecular flexibility index (Phi) is 5.46. The van der Waals surface area contributed by atoms with Crippen LogP contribution in [0.5, 0.6) is 0 Å². The van der Waals surface area contributed by atoms with Crippen molar-refractivity contribution in [2.24, 2.45) is 0 Å². The molecule has 0 amide bonds. The van der Waals surface area contributed by atoms with Gasteiger partial charge in [0.25, 0.3) is 0 Å². The Morgan fingerprint density at radius 2 is 2.00 bits per heavy atom. The van der Waals surface area contributed by atoms with Gasteiger partial charge in [-0.2, -0.15) is 0 Å². The number of nitrogens with zero attached hydrogens (tertiary/aromatic N) is 2. The van der Waals surface area contributed by atoms with Gasteiger partial charge in [-0.3, -0.25) is 9.80 Å². The summed E-state index contributed by atoms with van der Waals surface area (Å²) in [5.41, 5.74) is 0. The maximum atomic E-state index is 3.69. The lowest BCUT2D eigenvalue weighted by molar-refractivity contribution is 0.0598. The van der Waals surface area contributed by atoms with Crippen LogP contribution in [0.15, 0.2) is 0 Å². The zero-order valence-corrected chi connectivity index (χ0v) is 12.5. The number of hydrogen-bond acceptors (Lipinski definition) is 3. The molecule has 3 atom stereocenters. The molecule has 1 heterocycles. The smallest absolute Gasteiger partial charge is 0.0195 e. The number of rotatable bonds is 5. The fraction of sp³-hybridized carbons (Fsp3) is 1.00. The molecule has 2 rings (SSSR count). The lowest BCUT2D eigenvalue weighted by Gasteiger charge is -2.42. The molecule has 0 spiro atoms. The van der Waals surface area contributed by atoms with E-state index in [-0.39, 0.29) is 0 Å². The summed E-state index contributed by atoms with van der Waals surface area (Å²) < 4.78 is 0. The largest absolute Gasteiger partial charge is 0.314 e. The van der Waals surface area contributed by atoms with Gasteiger partial charge in [0.05, 0.1) is 0 Å². The Morgan fingerprint density at radius 1 is 1.17 bits per heavy atom. The Labute approximate surface area is 113 Å². The van der Waals surface area contributed by atoms with Crippen molar-refractivity contribution in [1.82, 2.24) is 15.1 Å². The molecule has 3 heteroatoms. The molecular weight excluding hydrogens is 222 g/mol. The number of piperazine rings is 1. The standard InChI is InChI=1S/C15H31N3/c1-4-8-16-14-6-7-15(11-14)18-10-9-17(5-2)13(3)12-18/h13-16H,4-12H2,1-3H3. The van der Waals surface area contributed by atoms with Gasteiger partial charge in [0.15, 0.2) is 0 Å². The molecule has 1 aliphatic heterocycles. The minimum absolute atomic E-state index is 0.742. The van der Waals surface area contributed by atoms with Crippen molar-refractivity contribution < 1.29 is 0 Å². The predicted molar refractivity (Wildman–Crippen MR) is 78.0 cm³/mol. The molecule has 1 saturated heterocycles. The van der Waals surface area contributed by atoms with Crippen LogP contribution in [0, 0.1) is 0 Å². The SMILES string of the molecule is CCCNC1CCC(N2CCN(CC)C(C)C2)C1. The van der Waals surface area contributed by atoms with Gasteiger partial charge in [0.2, 0.25) is 0 Å². The van der Waals surface area contributed by atoms with E-state index in [2.05, 4.69) is 35.9 Å². The molecule has 106 valence electrons. The molecule has 1 saturated carbocycles. The number of hydrogen-bond donors (Lipinski definition) is 1. The molecule has 2 aliphatic rings. The summed E-state index contributed by atoms with van der Waals surface area (Å²) in [7, 11) is 0. The average molecular weight is 253 g/mol. The second kappa shape index (κ2) is 6.88. The minimum Gasteiger partial charge on any atom is -0.314 e. The average Bonchev–Trinajstić information content (AvgIpc) is 2.85. The second-order valence-electron chi connectivity index (χ2n) is 6.09. The van der Waals surface area contributed by atoms with Crippen molar-refractivity contribution >= 4 is 0 Å². The second-order valence-corrected chi connectivity index (χ2v) is 6.09. The van der Waals surface area contributed by atoms with Gasteiger partial charge in [0.1, 0.15) is 0 Å². The molecule has 3 nitrogen and oxygen atoms in total. The Hall–Kier alpha value is -0.120. The van der Waals surface area contributed by atoms with E-state index >= 15 is 0 Å². The van der Waals surface area contributed by atoms with Crippen LogP contribution in [-0.4, -0.2) is 60.6 Å². The minimum atomic E-state index is 0.742. The molecule has 0 aromatic rings. The van der Waals surface area contributed by atoms with Gasteiger partial charge in [-0.15, -0.1) is 0 Å². The van der Waals surface area contributed by atoms with Crippen LogP contribution in [0.4, 0.5) is 0 Å². The summed E-state index contributed by atoms with van der Waals surface area (Å²) in [6, 6.07) is 2.38. The summed E-state index contributed by atoms with van der Waals surface area (Å²) >= 11 is 0. The van der Waals surface area contributed by atoms with Gasteiger partial charge >= 0.3 is 0 Å². The first kappa shape index (κ1) is 14.3. The van der Waals surface area contributed by atoms with Crippen molar-refractivity contribution in [2.45, 2.75) is 64.6 Å². The van der Waals surface area contributed by atoms with Gasteiger partial charge in [-0.1, -0.05) is 13.8 Å². The highest BCUT2D eigenvalue weighted by molar-refractivity contribution is 4.90. The first-order valence-corrected chi connectivity index (χ1v) is 7.96. The number of nitrogens with one attached hydrogen (secondary N) is 1. The predicted octanol–water partition coefficient (Wildman–Crippen LogP) is 1.93. The van der Waals surface area contributed by atoms with E-state index in [4.69, 9.17) is 0 Å². The monoisotopic (exact) mass is 253 g/mol. The Balaban J connectivity index is 1.76. The summed E-state index contributed by atoms with van der Waals surface area (Å²) in [6.45, 7) is 13.1. The van der Waals surface area contributed by atoms with Crippen LogP contribution in [0.1, 0.15) is 46.5 Å². The molecule has 2 fully saturated rings. The summed E-state index contributed by atoms with van der Waals surface area (Å²) in [4.78, 5) is 5.36. The molecule has 0 aromatic heterocycles. The van der Waals surface area contributed by atoms with E-state index in [1.165, 1.54) is 58.4 Å². The third-order valence-corrected chi connectivity index (χ3v) is 4.81. The Bertz CT molecular complexity index is 244. The molecule has 0 bridgehead atoms. The van der Waals surface area contributed by atoms with E-state index in [0.29, 0.717) is 0 Å². The maximum Gasteiger partial charge on any atom is 0.0195 e. The summed E-state index contributed by atoms with van der Waals surface area (Å²) in [5, 5.41) is 3.69. The van der Waals surface area contributed by atoms with Gasteiger partial charge < -0.3 is 5.32 Å². The van der Waals surface area contributed by atoms with E-state index < -0.39 is 0 Å². The summed E-state index contributed by atoms with van der Waals surface area (Å²) in [5.74, 6) is 0. The van der Waals surface area contributed by atoms with Gasteiger partial charge in [-0.05, 0) is 45.7 Å². The third-order valence-electron chi connectivity index (χ3n) is 4.81. The molecule has 0 radical (unpaired) electrons. The maximum absolute atomic E-state index is 3.69. The van der Waals surface area contributed by atoms with Crippen molar-refractivity contribution in [3.05, 3.63) is 0 Å². The van der Waals surface area contributed by atoms with Crippen LogP contribution < -0.4 is 5.32 Å². The third kappa shape index (κ3) is 3.46. The number of likely N-dealkylation sites (N-methyl/N-ethyl adjacent to an activating group) is 1. The molecule has 1 aliphatic carbocycles. The van der Waals surface area contributed by atoms with Crippen molar-refractivity contribution in [3.8, 4) is 0 Å². The highest BCUT2D eigenvalue weighted by Crippen LogP contribution is 2.26. The zero-order valence-electron chi connectivity index (χ0n) is 12.5. The molecule has 3 unspecified atom stereocenters. The molecule has 0 aromatic carbocycles. The van der Waals surface area contributed by atoms with Crippen LogP contribution in [0.3, 0.4) is 0 Å². The lowest BCUT2D eigenvalue weighted by atomic mass is 10.1. The van der Waals surface area contributed by atoms with E-state index in [0.717, 1.165) is 18.1 Å². The zero-order chi connectivity index (χ0) is 13.0.